The number of nitrogens with zero attached hydrogens (tertiary/aromatic N) is 1. The number of rotatable bonds is 3. The zero-order valence-electron chi connectivity index (χ0n) is 11.9. The lowest BCUT2D eigenvalue weighted by Gasteiger charge is -2.07. The summed E-state index contributed by atoms with van der Waals surface area (Å²) in [6.45, 7) is 8.30. The lowest BCUT2D eigenvalue weighted by atomic mass is 10.0. The summed E-state index contributed by atoms with van der Waals surface area (Å²) in [4.78, 5) is 22.0. The van der Waals surface area contributed by atoms with Gasteiger partial charge in [-0.25, -0.2) is 0 Å². The Morgan fingerprint density at radius 2 is 1.85 bits per heavy atom. The minimum absolute atomic E-state index is 0.00544. The molecule has 1 aliphatic rings. The minimum Gasteiger partial charge on any atom is -0.502 e. The third-order valence-electron chi connectivity index (χ3n) is 4.73. The number of carbonyl (C=O) groups is 1. The molecule has 0 atom stereocenters. The van der Waals surface area contributed by atoms with E-state index in [1.54, 1.807) is 0 Å². The van der Waals surface area contributed by atoms with E-state index in [1.807, 2.05) is 0 Å². The number of nitrogens with one attached hydrogen (secondary N) is 1. The number of nitro benzene ring substituents is 1. The molecule has 0 heterocycles. The number of phenolic OH excluding ortho intramolecular Hbond substituents is 1. The Morgan fingerprint density at radius 3 is 2.25 bits per heavy atom. The Morgan fingerprint density at radius 1 is 1.30 bits per heavy atom. The number of carbonyl (C=O) groups excluding carboxylic acids is 1. The van der Waals surface area contributed by atoms with E-state index in [-0.39, 0.29) is 28.3 Å². The van der Waals surface area contributed by atoms with Crippen LogP contribution in [-0.2, 0) is 0 Å². The lowest BCUT2D eigenvalue weighted by Crippen LogP contribution is -2.29. The molecule has 1 aromatic rings. The number of benzene rings is 1. The second-order valence-corrected chi connectivity index (χ2v) is 6.31. The molecule has 20 heavy (non-hydrogen) atoms. The van der Waals surface area contributed by atoms with E-state index < -0.39 is 16.4 Å². The van der Waals surface area contributed by atoms with Gasteiger partial charge in [0.25, 0.3) is 5.91 Å². The summed E-state index contributed by atoms with van der Waals surface area (Å²) < 4.78 is 0. The number of hydrogen-bond acceptors (Lipinski definition) is 4. The molecular weight excluding hydrogens is 260 g/mol. The molecule has 1 aromatic carbocycles. The van der Waals surface area contributed by atoms with Gasteiger partial charge in [-0.05, 0) is 23.0 Å². The standard InChI is InChI=1S/C14H18N2O4/c1-13(2)12(14(13,3)4)15-11(18)8-5-6-9(16(19)20)10(17)7-8/h5-7,12,17H,1-4H3,(H,15,18). The van der Waals surface area contributed by atoms with Gasteiger partial charge in [-0.15, -0.1) is 0 Å². The first-order chi connectivity index (χ1) is 9.09. The highest BCUT2D eigenvalue weighted by Crippen LogP contribution is 2.62. The van der Waals surface area contributed by atoms with Crippen LogP contribution in [0.4, 0.5) is 5.69 Å². The summed E-state index contributed by atoms with van der Waals surface area (Å²) in [6.07, 6.45) is 0. The van der Waals surface area contributed by atoms with Gasteiger partial charge in [-0.3, -0.25) is 14.9 Å². The van der Waals surface area contributed by atoms with E-state index in [0.717, 1.165) is 12.1 Å². The summed E-state index contributed by atoms with van der Waals surface area (Å²) >= 11 is 0. The average Bonchev–Trinajstić information content (AvgIpc) is 2.71. The molecule has 0 aromatic heterocycles. The summed E-state index contributed by atoms with van der Waals surface area (Å²) in [6, 6.07) is 3.64. The van der Waals surface area contributed by atoms with Crippen LogP contribution in [-0.4, -0.2) is 22.0 Å². The molecule has 0 spiro atoms. The molecule has 1 amide bonds. The Bertz CT molecular complexity index is 579. The zero-order valence-corrected chi connectivity index (χ0v) is 11.9. The topological polar surface area (TPSA) is 92.5 Å². The first-order valence-electron chi connectivity index (χ1n) is 6.37. The van der Waals surface area contributed by atoms with Crippen molar-refractivity contribution in [3.63, 3.8) is 0 Å². The summed E-state index contributed by atoms with van der Waals surface area (Å²) in [5, 5.41) is 23.1. The van der Waals surface area contributed by atoms with Crippen LogP contribution in [0.3, 0.4) is 0 Å². The molecule has 6 heteroatoms. The number of nitro groups is 1. The van der Waals surface area contributed by atoms with Crippen molar-refractivity contribution in [1.29, 1.82) is 0 Å². The summed E-state index contributed by atoms with van der Waals surface area (Å²) in [5.74, 6) is -0.837. The van der Waals surface area contributed by atoms with Crippen molar-refractivity contribution in [3.8, 4) is 5.75 Å². The molecule has 1 saturated carbocycles. The maximum absolute atomic E-state index is 12.1. The first-order valence-corrected chi connectivity index (χ1v) is 6.37. The van der Waals surface area contributed by atoms with E-state index >= 15 is 0 Å². The van der Waals surface area contributed by atoms with Crippen molar-refractivity contribution in [2.75, 3.05) is 0 Å². The molecule has 0 bridgehead atoms. The molecular formula is C14H18N2O4. The van der Waals surface area contributed by atoms with Gasteiger partial charge >= 0.3 is 5.69 Å². The van der Waals surface area contributed by atoms with Gasteiger partial charge < -0.3 is 10.4 Å². The van der Waals surface area contributed by atoms with Gasteiger partial charge in [0.15, 0.2) is 5.75 Å². The number of phenols is 1. The average molecular weight is 278 g/mol. The van der Waals surface area contributed by atoms with Crippen LogP contribution in [0, 0.1) is 20.9 Å². The van der Waals surface area contributed by atoms with E-state index in [9.17, 15) is 20.0 Å². The molecule has 1 aliphatic carbocycles. The van der Waals surface area contributed by atoms with Gasteiger partial charge in [0.2, 0.25) is 0 Å². The van der Waals surface area contributed by atoms with Crippen LogP contribution in [0.1, 0.15) is 38.1 Å². The SMILES string of the molecule is CC1(C)C(NC(=O)c2ccc([N+](=O)[O-])c(O)c2)C1(C)C. The van der Waals surface area contributed by atoms with Crippen molar-refractivity contribution in [2.45, 2.75) is 33.7 Å². The highest BCUT2D eigenvalue weighted by Gasteiger charge is 2.65. The number of aromatic hydroxyl groups is 1. The van der Waals surface area contributed by atoms with Gasteiger partial charge in [-0.1, -0.05) is 27.7 Å². The number of amides is 1. The third-order valence-corrected chi connectivity index (χ3v) is 4.73. The molecule has 0 unspecified atom stereocenters. The fourth-order valence-electron chi connectivity index (χ4n) is 2.59. The van der Waals surface area contributed by atoms with Crippen LogP contribution in [0.25, 0.3) is 0 Å². The number of hydrogen-bond donors (Lipinski definition) is 2. The highest BCUT2D eigenvalue weighted by atomic mass is 16.6. The molecule has 2 N–H and O–H groups in total. The van der Waals surface area contributed by atoms with Crippen molar-refractivity contribution >= 4 is 11.6 Å². The molecule has 0 aliphatic heterocycles. The van der Waals surface area contributed by atoms with E-state index in [0.29, 0.717) is 0 Å². The second-order valence-electron chi connectivity index (χ2n) is 6.31. The van der Waals surface area contributed by atoms with Crippen molar-refractivity contribution in [2.24, 2.45) is 10.8 Å². The van der Waals surface area contributed by atoms with Crippen LogP contribution in [0.2, 0.25) is 0 Å². The zero-order chi connectivity index (χ0) is 15.3. The molecule has 0 saturated heterocycles. The Balaban J connectivity index is 2.16. The fraction of sp³-hybridized carbons (Fsp3) is 0.500. The van der Waals surface area contributed by atoms with E-state index in [2.05, 4.69) is 33.0 Å². The van der Waals surface area contributed by atoms with Crippen LogP contribution in [0.5, 0.6) is 5.75 Å². The Hall–Kier alpha value is -2.11. The van der Waals surface area contributed by atoms with Gasteiger partial charge in [-0.2, -0.15) is 0 Å². The van der Waals surface area contributed by atoms with Crippen molar-refractivity contribution < 1.29 is 14.8 Å². The minimum atomic E-state index is -0.690. The largest absolute Gasteiger partial charge is 0.502 e. The molecule has 108 valence electrons. The summed E-state index contributed by atoms with van der Waals surface area (Å²) in [5.41, 5.74) is -0.183. The Labute approximate surface area is 117 Å². The van der Waals surface area contributed by atoms with Gasteiger partial charge in [0, 0.05) is 17.7 Å². The predicted octanol–water partition coefficient (Wildman–Crippen LogP) is 2.46. The van der Waals surface area contributed by atoms with Crippen LogP contribution >= 0.6 is 0 Å². The van der Waals surface area contributed by atoms with Crippen LogP contribution < -0.4 is 5.32 Å². The third kappa shape index (κ3) is 2.01. The summed E-state index contributed by atoms with van der Waals surface area (Å²) in [7, 11) is 0. The first kappa shape index (κ1) is 14.3. The van der Waals surface area contributed by atoms with E-state index in [4.69, 9.17) is 0 Å². The fourth-order valence-corrected chi connectivity index (χ4v) is 2.59. The van der Waals surface area contributed by atoms with Crippen molar-refractivity contribution in [3.05, 3.63) is 33.9 Å². The van der Waals surface area contributed by atoms with Crippen molar-refractivity contribution in [1.82, 2.24) is 5.32 Å². The van der Waals surface area contributed by atoms with Crippen LogP contribution in [0.15, 0.2) is 18.2 Å². The van der Waals surface area contributed by atoms with Gasteiger partial charge in [0.05, 0.1) is 4.92 Å². The highest BCUT2D eigenvalue weighted by molar-refractivity contribution is 5.95. The van der Waals surface area contributed by atoms with E-state index in [1.165, 1.54) is 6.07 Å². The van der Waals surface area contributed by atoms with Gasteiger partial charge in [0.1, 0.15) is 0 Å². The predicted molar refractivity (Wildman–Crippen MR) is 73.6 cm³/mol. The lowest BCUT2D eigenvalue weighted by molar-refractivity contribution is -0.385. The Kier molecular flexibility index (Phi) is 3.00. The molecule has 6 nitrogen and oxygen atoms in total. The quantitative estimate of drug-likeness (QED) is 0.656. The molecule has 0 radical (unpaired) electrons. The normalized spacial score (nSPS) is 19.4. The maximum atomic E-state index is 12.1. The monoisotopic (exact) mass is 278 g/mol. The molecule has 2 rings (SSSR count). The second kappa shape index (κ2) is 4.19. The molecule has 1 fully saturated rings. The maximum Gasteiger partial charge on any atom is 0.310 e. The smallest absolute Gasteiger partial charge is 0.310 e.